The number of amides is 2. The smallest absolute Gasteiger partial charge is 0.266 e. The molecule has 152 valence electrons. The van der Waals surface area contributed by atoms with Gasteiger partial charge >= 0.3 is 0 Å². The Kier molecular flexibility index (Phi) is 5.80. The first-order valence-electron chi connectivity index (χ1n) is 10.0. The number of benzene rings is 3. The molecule has 1 atom stereocenters. The standard InChI is InChI=1S/C25H24N2O3/c1-18-12-13-22-21(14-18)26-25(29)23(30-22)15-24(28)27(16-19-8-4-2-5-9-19)17-20-10-6-3-7-11-20/h2-14,23H,15-17H2,1H3,(H,26,29). The van der Waals surface area contributed by atoms with Crippen molar-refractivity contribution in [3.8, 4) is 5.75 Å². The van der Waals surface area contributed by atoms with Gasteiger partial charge in [-0.2, -0.15) is 0 Å². The van der Waals surface area contributed by atoms with Gasteiger partial charge in [0, 0.05) is 13.1 Å². The number of aryl methyl sites for hydroxylation is 1. The molecule has 3 aromatic rings. The monoisotopic (exact) mass is 400 g/mol. The molecule has 3 aromatic carbocycles. The Bertz CT molecular complexity index is 993. The number of ether oxygens (including phenoxy) is 1. The van der Waals surface area contributed by atoms with Crippen molar-refractivity contribution < 1.29 is 14.3 Å². The molecule has 4 rings (SSSR count). The maximum absolute atomic E-state index is 13.2. The van der Waals surface area contributed by atoms with Crippen LogP contribution in [0, 0.1) is 6.92 Å². The first-order chi connectivity index (χ1) is 14.6. The van der Waals surface area contributed by atoms with Gasteiger partial charge in [0.1, 0.15) is 5.75 Å². The number of fused-ring (bicyclic) bond motifs is 1. The summed E-state index contributed by atoms with van der Waals surface area (Å²) in [6, 6.07) is 25.3. The van der Waals surface area contributed by atoms with Crippen LogP contribution in [0.1, 0.15) is 23.1 Å². The molecule has 1 heterocycles. The molecule has 5 heteroatoms. The summed E-state index contributed by atoms with van der Waals surface area (Å²) in [4.78, 5) is 27.5. The van der Waals surface area contributed by atoms with Crippen LogP contribution in [0.25, 0.3) is 0 Å². The third-order valence-corrected chi connectivity index (χ3v) is 5.10. The van der Waals surface area contributed by atoms with Gasteiger partial charge in [0.15, 0.2) is 6.10 Å². The van der Waals surface area contributed by atoms with E-state index in [1.807, 2.05) is 85.8 Å². The molecule has 30 heavy (non-hydrogen) atoms. The van der Waals surface area contributed by atoms with Crippen molar-refractivity contribution in [3.05, 3.63) is 95.6 Å². The number of nitrogens with one attached hydrogen (secondary N) is 1. The van der Waals surface area contributed by atoms with Crippen LogP contribution in [0.5, 0.6) is 5.75 Å². The van der Waals surface area contributed by atoms with E-state index < -0.39 is 6.10 Å². The minimum Gasteiger partial charge on any atom is -0.478 e. The zero-order chi connectivity index (χ0) is 20.9. The summed E-state index contributed by atoms with van der Waals surface area (Å²) in [6.07, 6.45) is -0.861. The average molecular weight is 400 g/mol. The predicted octanol–water partition coefficient (Wildman–Crippen LogP) is 4.31. The third kappa shape index (κ3) is 4.69. The summed E-state index contributed by atoms with van der Waals surface area (Å²) in [7, 11) is 0. The molecular formula is C25H24N2O3. The van der Waals surface area contributed by atoms with E-state index in [2.05, 4.69) is 5.32 Å². The second-order valence-electron chi connectivity index (χ2n) is 7.52. The average Bonchev–Trinajstić information content (AvgIpc) is 2.75. The number of carbonyl (C=O) groups excluding carboxylic acids is 2. The Morgan fingerprint density at radius 2 is 1.53 bits per heavy atom. The fourth-order valence-corrected chi connectivity index (χ4v) is 3.53. The highest BCUT2D eigenvalue weighted by molar-refractivity contribution is 6.00. The lowest BCUT2D eigenvalue weighted by atomic mass is 10.1. The molecule has 0 aliphatic carbocycles. The topological polar surface area (TPSA) is 58.6 Å². The van der Waals surface area contributed by atoms with Gasteiger partial charge < -0.3 is 15.0 Å². The molecule has 0 saturated heterocycles. The number of carbonyl (C=O) groups is 2. The van der Waals surface area contributed by atoms with Crippen molar-refractivity contribution in [2.24, 2.45) is 0 Å². The second kappa shape index (κ2) is 8.82. The lowest BCUT2D eigenvalue weighted by molar-refractivity contribution is -0.138. The van der Waals surface area contributed by atoms with Gasteiger partial charge in [-0.25, -0.2) is 0 Å². The van der Waals surface area contributed by atoms with Gasteiger partial charge in [0.05, 0.1) is 12.1 Å². The van der Waals surface area contributed by atoms with Crippen molar-refractivity contribution in [1.29, 1.82) is 0 Å². The van der Waals surface area contributed by atoms with Gasteiger partial charge in [-0.15, -0.1) is 0 Å². The molecule has 5 nitrogen and oxygen atoms in total. The molecule has 0 saturated carbocycles. The molecule has 2 amide bonds. The van der Waals surface area contributed by atoms with Crippen LogP contribution in [0.4, 0.5) is 5.69 Å². The highest BCUT2D eigenvalue weighted by Crippen LogP contribution is 2.31. The number of rotatable bonds is 6. The van der Waals surface area contributed by atoms with Gasteiger partial charge in [0.2, 0.25) is 5.91 Å². The van der Waals surface area contributed by atoms with E-state index in [0.29, 0.717) is 24.5 Å². The first-order valence-corrected chi connectivity index (χ1v) is 10.0. The van der Waals surface area contributed by atoms with Crippen molar-refractivity contribution in [3.63, 3.8) is 0 Å². The quantitative estimate of drug-likeness (QED) is 0.671. The van der Waals surface area contributed by atoms with Crippen LogP contribution in [0.2, 0.25) is 0 Å². The zero-order valence-corrected chi connectivity index (χ0v) is 16.9. The maximum atomic E-state index is 13.2. The maximum Gasteiger partial charge on any atom is 0.266 e. The Balaban J connectivity index is 1.51. The van der Waals surface area contributed by atoms with Gasteiger partial charge in [0.25, 0.3) is 5.91 Å². The first kappa shape index (κ1) is 19.7. The van der Waals surface area contributed by atoms with E-state index in [0.717, 1.165) is 16.7 Å². The Morgan fingerprint density at radius 1 is 0.933 bits per heavy atom. The van der Waals surface area contributed by atoms with Crippen LogP contribution >= 0.6 is 0 Å². The number of nitrogens with zero attached hydrogens (tertiary/aromatic N) is 1. The van der Waals surface area contributed by atoms with Crippen molar-refractivity contribution in [2.45, 2.75) is 32.5 Å². The lowest BCUT2D eigenvalue weighted by Crippen LogP contribution is -2.42. The summed E-state index contributed by atoms with van der Waals surface area (Å²) in [5.74, 6) is 0.176. The Morgan fingerprint density at radius 3 is 2.13 bits per heavy atom. The van der Waals surface area contributed by atoms with Crippen molar-refractivity contribution >= 4 is 17.5 Å². The van der Waals surface area contributed by atoms with Crippen LogP contribution in [0.15, 0.2) is 78.9 Å². The molecule has 0 bridgehead atoms. The fourth-order valence-electron chi connectivity index (χ4n) is 3.53. The van der Waals surface area contributed by atoms with Crippen LogP contribution in [-0.2, 0) is 22.7 Å². The van der Waals surface area contributed by atoms with Gasteiger partial charge in [-0.3, -0.25) is 9.59 Å². The summed E-state index contributed by atoms with van der Waals surface area (Å²) < 4.78 is 5.86. The molecule has 0 radical (unpaired) electrons. The van der Waals surface area contributed by atoms with E-state index in [9.17, 15) is 9.59 Å². The Hall–Kier alpha value is -3.60. The molecule has 1 aliphatic rings. The van der Waals surface area contributed by atoms with E-state index in [4.69, 9.17) is 4.74 Å². The summed E-state index contributed by atoms with van der Waals surface area (Å²) in [5.41, 5.74) is 3.76. The highest BCUT2D eigenvalue weighted by atomic mass is 16.5. The van der Waals surface area contributed by atoms with Crippen molar-refractivity contribution in [1.82, 2.24) is 4.90 Å². The number of hydrogen-bond acceptors (Lipinski definition) is 3. The summed E-state index contributed by atoms with van der Waals surface area (Å²) >= 11 is 0. The molecule has 0 aromatic heterocycles. The van der Waals surface area contributed by atoms with Crippen LogP contribution in [0.3, 0.4) is 0 Å². The highest BCUT2D eigenvalue weighted by Gasteiger charge is 2.31. The van der Waals surface area contributed by atoms with E-state index in [1.54, 1.807) is 4.90 Å². The van der Waals surface area contributed by atoms with Crippen LogP contribution < -0.4 is 10.1 Å². The lowest BCUT2D eigenvalue weighted by Gasteiger charge is -2.29. The normalized spacial score (nSPS) is 15.0. The van der Waals surface area contributed by atoms with E-state index in [1.165, 1.54) is 0 Å². The number of anilines is 1. The molecule has 1 unspecified atom stereocenters. The molecule has 0 fully saturated rings. The van der Waals surface area contributed by atoms with E-state index >= 15 is 0 Å². The van der Waals surface area contributed by atoms with Crippen LogP contribution in [-0.4, -0.2) is 22.8 Å². The van der Waals surface area contributed by atoms with E-state index in [-0.39, 0.29) is 18.2 Å². The number of hydrogen-bond donors (Lipinski definition) is 1. The predicted molar refractivity (Wildman–Crippen MR) is 116 cm³/mol. The molecular weight excluding hydrogens is 376 g/mol. The summed E-state index contributed by atoms with van der Waals surface area (Å²) in [6.45, 7) is 2.89. The molecule has 0 spiro atoms. The zero-order valence-electron chi connectivity index (χ0n) is 16.9. The summed E-state index contributed by atoms with van der Waals surface area (Å²) in [5, 5.41) is 2.86. The fraction of sp³-hybridized carbons (Fsp3) is 0.200. The largest absolute Gasteiger partial charge is 0.478 e. The SMILES string of the molecule is Cc1ccc2c(c1)NC(=O)C(CC(=O)N(Cc1ccccc1)Cc1ccccc1)O2. The minimum atomic E-state index is -0.846. The molecule has 1 aliphatic heterocycles. The Labute approximate surface area is 176 Å². The van der Waals surface area contributed by atoms with Gasteiger partial charge in [-0.05, 0) is 35.7 Å². The van der Waals surface area contributed by atoms with Crippen molar-refractivity contribution in [2.75, 3.05) is 5.32 Å². The molecule has 1 N–H and O–H groups in total. The van der Waals surface area contributed by atoms with Gasteiger partial charge in [-0.1, -0.05) is 66.7 Å². The minimum absolute atomic E-state index is 0.0151. The third-order valence-electron chi connectivity index (χ3n) is 5.10. The second-order valence-corrected chi connectivity index (χ2v) is 7.52.